The lowest BCUT2D eigenvalue weighted by Crippen LogP contribution is -2.40. The van der Waals surface area contributed by atoms with E-state index in [4.69, 9.17) is 11.6 Å². The molecule has 7 heteroatoms. The van der Waals surface area contributed by atoms with Gasteiger partial charge in [0.2, 0.25) is 0 Å². The van der Waals surface area contributed by atoms with Crippen LogP contribution in [0.3, 0.4) is 0 Å². The summed E-state index contributed by atoms with van der Waals surface area (Å²) in [4.78, 5) is 22.2. The number of halogens is 2. The molecular formula is C17H22Cl2N4O. The van der Waals surface area contributed by atoms with Crippen molar-refractivity contribution < 1.29 is 4.79 Å². The van der Waals surface area contributed by atoms with Gasteiger partial charge in [0.1, 0.15) is 5.69 Å². The van der Waals surface area contributed by atoms with Gasteiger partial charge in [-0.25, -0.2) is 0 Å². The summed E-state index contributed by atoms with van der Waals surface area (Å²) in [6.07, 6.45) is 6.43. The number of aromatic nitrogens is 2. The monoisotopic (exact) mass is 368 g/mol. The van der Waals surface area contributed by atoms with Gasteiger partial charge in [0.05, 0.1) is 17.3 Å². The van der Waals surface area contributed by atoms with Crippen molar-refractivity contribution >= 4 is 29.9 Å². The Morgan fingerprint density at radius 1 is 1.33 bits per heavy atom. The van der Waals surface area contributed by atoms with E-state index in [1.54, 1.807) is 18.5 Å². The van der Waals surface area contributed by atoms with Crippen molar-refractivity contribution in [1.82, 2.24) is 20.2 Å². The molecule has 3 heterocycles. The Morgan fingerprint density at radius 2 is 2.21 bits per heavy atom. The summed E-state index contributed by atoms with van der Waals surface area (Å²) in [5.41, 5.74) is 1.43. The average Bonchev–Trinajstić information content (AvgIpc) is 2.84. The topological polar surface area (TPSA) is 61.0 Å². The van der Waals surface area contributed by atoms with Gasteiger partial charge in [0.15, 0.2) is 0 Å². The fraction of sp³-hybridized carbons (Fsp3) is 0.412. The molecule has 0 aliphatic carbocycles. The van der Waals surface area contributed by atoms with Gasteiger partial charge in [0, 0.05) is 18.4 Å². The van der Waals surface area contributed by atoms with Crippen LogP contribution in [0.4, 0.5) is 0 Å². The van der Waals surface area contributed by atoms with E-state index >= 15 is 0 Å². The molecule has 1 saturated heterocycles. The van der Waals surface area contributed by atoms with Gasteiger partial charge in [-0.1, -0.05) is 17.7 Å². The van der Waals surface area contributed by atoms with Crippen molar-refractivity contribution in [3.8, 4) is 0 Å². The first kappa shape index (κ1) is 18.8. The number of aromatic amines is 1. The Morgan fingerprint density at radius 3 is 2.92 bits per heavy atom. The normalized spacial score (nSPS) is 17.6. The first-order chi connectivity index (χ1) is 11.2. The van der Waals surface area contributed by atoms with E-state index in [1.165, 1.54) is 0 Å². The number of rotatable bonds is 4. The number of nitrogens with zero attached hydrogens (tertiary/aromatic N) is 2. The zero-order chi connectivity index (χ0) is 16.1. The second-order valence-electron chi connectivity index (χ2n) is 5.82. The van der Waals surface area contributed by atoms with E-state index in [0.717, 1.165) is 38.0 Å². The van der Waals surface area contributed by atoms with E-state index in [2.05, 4.69) is 15.3 Å². The van der Waals surface area contributed by atoms with Crippen LogP contribution in [-0.2, 0) is 6.54 Å². The highest BCUT2D eigenvalue weighted by molar-refractivity contribution is 6.30. The molecule has 1 atom stereocenters. The van der Waals surface area contributed by atoms with Gasteiger partial charge in [-0.2, -0.15) is 0 Å². The van der Waals surface area contributed by atoms with Gasteiger partial charge in [-0.15, -0.1) is 12.4 Å². The molecule has 1 fully saturated rings. The Labute approximate surface area is 153 Å². The number of hydrogen-bond acceptors (Lipinski definition) is 3. The molecule has 1 aliphatic rings. The predicted octanol–water partition coefficient (Wildman–Crippen LogP) is 3.27. The van der Waals surface area contributed by atoms with E-state index in [0.29, 0.717) is 17.3 Å². The molecule has 0 radical (unpaired) electrons. The summed E-state index contributed by atoms with van der Waals surface area (Å²) in [6, 6.07) is 7.68. The molecule has 1 aliphatic heterocycles. The zero-order valence-corrected chi connectivity index (χ0v) is 14.9. The molecule has 1 unspecified atom stereocenters. The van der Waals surface area contributed by atoms with Gasteiger partial charge in [-0.3, -0.25) is 9.78 Å². The third-order valence-electron chi connectivity index (χ3n) is 4.18. The van der Waals surface area contributed by atoms with Crippen LogP contribution in [0.15, 0.2) is 36.7 Å². The maximum Gasteiger partial charge on any atom is 0.270 e. The number of carbonyl (C=O) groups excluding carboxylic acids is 1. The van der Waals surface area contributed by atoms with Crippen LogP contribution in [0.1, 0.15) is 35.4 Å². The molecule has 2 N–H and O–H groups in total. The van der Waals surface area contributed by atoms with E-state index in [9.17, 15) is 4.79 Å². The minimum atomic E-state index is -0.0190. The van der Waals surface area contributed by atoms with Crippen LogP contribution in [0.5, 0.6) is 0 Å². The lowest BCUT2D eigenvalue weighted by atomic mass is 10.1. The van der Waals surface area contributed by atoms with Crippen molar-refractivity contribution in [3.63, 3.8) is 0 Å². The molecule has 24 heavy (non-hydrogen) atoms. The van der Waals surface area contributed by atoms with Crippen molar-refractivity contribution in [3.05, 3.63) is 53.1 Å². The SMILES string of the molecule is Cl.O=C(c1cc(Cl)c[nH]1)N(Cc1ccccn1)C1CCCNCC1. The number of H-pyrrole nitrogens is 1. The van der Waals surface area contributed by atoms with E-state index < -0.39 is 0 Å². The summed E-state index contributed by atoms with van der Waals surface area (Å²) in [7, 11) is 0. The minimum Gasteiger partial charge on any atom is -0.356 e. The van der Waals surface area contributed by atoms with Crippen molar-refractivity contribution in [2.45, 2.75) is 31.8 Å². The number of carbonyl (C=O) groups is 1. The van der Waals surface area contributed by atoms with E-state index in [1.807, 2.05) is 23.1 Å². The molecule has 130 valence electrons. The maximum atomic E-state index is 13.0. The quantitative estimate of drug-likeness (QED) is 0.870. The molecule has 0 bridgehead atoms. The van der Waals surface area contributed by atoms with Crippen LogP contribution >= 0.6 is 24.0 Å². The number of pyridine rings is 1. The van der Waals surface area contributed by atoms with Gasteiger partial charge in [0.25, 0.3) is 5.91 Å². The van der Waals surface area contributed by atoms with Crippen LogP contribution in [-0.4, -0.2) is 39.9 Å². The zero-order valence-electron chi connectivity index (χ0n) is 13.4. The largest absolute Gasteiger partial charge is 0.356 e. The van der Waals surface area contributed by atoms with Gasteiger partial charge >= 0.3 is 0 Å². The highest BCUT2D eigenvalue weighted by Crippen LogP contribution is 2.20. The third-order valence-corrected chi connectivity index (χ3v) is 4.40. The first-order valence-electron chi connectivity index (χ1n) is 7.99. The molecule has 5 nitrogen and oxygen atoms in total. The Kier molecular flexibility index (Phi) is 7.09. The van der Waals surface area contributed by atoms with E-state index in [-0.39, 0.29) is 24.4 Å². The van der Waals surface area contributed by atoms with Crippen molar-refractivity contribution in [1.29, 1.82) is 0 Å². The fourth-order valence-electron chi connectivity index (χ4n) is 2.99. The van der Waals surface area contributed by atoms with Gasteiger partial charge in [-0.05, 0) is 50.6 Å². The number of nitrogens with one attached hydrogen (secondary N) is 2. The van der Waals surface area contributed by atoms with Crippen molar-refractivity contribution in [2.75, 3.05) is 13.1 Å². The molecule has 0 saturated carbocycles. The van der Waals surface area contributed by atoms with Crippen molar-refractivity contribution in [2.24, 2.45) is 0 Å². The number of hydrogen-bond donors (Lipinski definition) is 2. The molecule has 0 spiro atoms. The summed E-state index contributed by atoms with van der Waals surface area (Å²) in [5, 5.41) is 3.95. The molecule has 0 aromatic carbocycles. The number of amides is 1. The molecule has 3 rings (SSSR count). The lowest BCUT2D eigenvalue weighted by Gasteiger charge is -2.30. The Hall–Kier alpha value is -1.56. The van der Waals surface area contributed by atoms with Crippen LogP contribution < -0.4 is 5.32 Å². The maximum absolute atomic E-state index is 13.0. The molecule has 2 aromatic heterocycles. The average molecular weight is 369 g/mol. The highest BCUT2D eigenvalue weighted by Gasteiger charge is 2.26. The Balaban J connectivity index is 0.00000208. The van der Waals surface area contributed by atoms with Crippen LogP contribution in [0.2, 0.25) is 5.02 Å². The minimum absolute atomic E-state index is 0. The summed E-state index contributed by atoms with van der Waals surface area (Å²) in [5.74, 6) is -0.0190. The summed E-state index contributed by atoms with van der Waals surface area (Å²) < 4.78 is 0. The summed E-state index contributed by atoms with van der Waals surface area (Å²) >= 11 is 5.96. The highest BCUT2D eigenvalue weighted by atomic mass is 35.5. The van der Waals surface area contributed by atoms with Gasteiger partial charge < -0.3 is 15.2 Å². The standard InChI is InChI=1S/C17H21ClN4O.ClH/c18-13-10-16(21-11-13)17(23)22(12-14-4-1-2-8-20-14)15-5-3-7-19-9-6-15;/h1-2,4,8,10-11,15,19,21H,3,5-7,9,12H2;1H. The van der Waals surface area contributed by atoms with Crippen LogP contribution in [0.25, 0.3) is 0 Å². The first-order valence-corrected chi connectivity index (χ1v) is 8.37. The second kappa shape index (κ2) is 9.06. The third kappa shape index (κ3) is 4.72. The predicted molar refractivity (Wildman–Crippen MR) is 97.7 cm³/mol. The molecular weight excluding hydrogens is 347 g/mol. The second-order valence-corrected chi connectivity index (χ2v) is 6.26. The lowest BCUT2D eigenvalue weighted by molar-refractivity contribution is 0.0637. The molecule has 1 amide bonds. The Bertz CT molecular complexity index is 639. The molecule has 2 aromatic rings. The fourth-order valence-corrected chi connectivity index (χ4v) is 3.16. The summed E-state index contributed by atoms with van der Waals surface area (Å²) in [6.45, 7) is 2.46. The smallest absolute Gasteiger partial charge is 0.270 e. The van der Waals surface area contributed by atoms with Crippen LogP contribution in [0, 0.1) is 0 Å².